The first-order chi connectivity index (χ1) is 7.94. The van der Waals surface area contributed by atoms with Crippen LogP contribution in [-0.4, -0.2) is 53.2 Å². The molecule has 2 heterocycles. The zero-order valence-electron chi connectivity index (χ0n) is 10.1. The van der Waals surface area contributed by atoms with Crippen LogP contribution in [0.4, 0.5) is 13.2 Å². The summed E-state index contributed by atoms with van der Waals surface area (Å²) in [6.45, 7) is 4.44. The predicted octanol–water partition coefficient (Wildman–Crippen LogP) is 2.25. The molecule has 2 unspecified atom stereocenters. The quantitative estimate of drug-likeness (QED) is 0.702. The summed E-state index contributed by atoms with van der Waals surface area (Å²) in [4.78, 5) is 4.12. The van der Waals surface area contributed by atoms with Gasteiger partial charge in [-0.1, -0.05) is 0 Å². The Kier molecular flexibility index (Phi) is 2.50. The fraction of sp³-hybridized carbons (Fsp3) is 1.00. The van der Waals surface area contributed by atoms with E-state index in [0.29, 0.717) is 25.4 Å². The molecule has 0 aromatic carbocycles. The van der Waals surface area contributed by atoms with Gasteiger partial charge in [0.2, 0.25) is 0 Å². The van der Waals surface area contributed by atoms with Crippen LogP contribution < -0.4 is 0 Å². The van der Waals surface area contributed by atoms with E-state index in [1.807, 2.05) is 6.92 Å². The standard InChI is InChI=1S/C12H19F3N2/c1-9-7-16-6-2-3-10(16)8-17(9)11(4-5-11)12(13,14)15/h9-10H,2-8H2,1H3. The average molecular weight is 248 g/mol. The van der Waals surface area contributed by atoms with Gasteiger partial charge in [-0.25, -0.2) is 0 Å². The van der Waals surface area contributed by atoms with Crippen LogP contribution >= 0.6 is 0 Å². The fourth-order valence-electron chi connectivity index (χ4n) is 3.64. The molecule has 2 aliphatic heterocycles. The molecule has 0 radical (unpaired) electrons. The minimum atomic E-state index is -4.05. The summed E-state index contributed by atoms with van der Waals surface area (Å²) in [6, 6.07) is 0.402. The van der Waals surface area contributed by atoms with Gasteiger partial charge in [-0.15, -0.1) is 0 Å². The Morgan fingerprint density at radius 2 is 1.88 bits per heavy atom. The molecule has 2 nitrogen and oxygen atoms in total. The van der Waals surface area contributed by atoms with Crippen molar-refractivity contribution in [2.75, 3.05) is 19.6 Å². The molecule has 3 fully saturated rings. The SMILES string of the molecule is CC1CN2CCCC2CN1C1(C(F)(F)F)CC1. The van der Waals surface area contributed by atoms with Crippen LogP contribution in [0.3, 0.4) is 0 Å². The van der Waals surface area contributed by atoms with E-state index in [9.17, 15) is 13.2 Å². The first kappa shape index (κ1) is 11.8. The van der Waals surface area contributed by atoms with Crippen molar-refractivity contribution < 1.29 is 13.2 Å². The Labute approximate surface area is 99.8 Å². The molecule has 0 aromatic heterocycles. The highest BCUT2D eigenvalue weighted by molar-refractivity contribution is 5.12. The number of halogens is 3. The van der Waals surface area contributed by atoms with Gasteiger partial charge in [-0.2, -0.15) is 13.2 Å². The van der Waals surface area contributed by atoms with E-state index < -0.39 is 11.7 Å². The molecule has 0 N–H and O–H groups in total. The third-order valence-electron chi connectivity index (χ3n) is 4.74. The van der Waals surface area contributed by atoms with Gasteiger partial charge in [0.25, 0.3) is 0 Å². The maximum atomic E-state index is 13.1. The molecule has 3 aliphatic rings. The van der Waals surface area contributed by atoms with Crippen molar-refractivity contribution >= 4 is 0 Å². The van der Waals surface area contributed by atoms with Crippen molar-refractivity contribution in [3.63, 3.8) is 0 Å². The van der Waals surface area contributed by atoms with Gasteiger partial charge in [0.05, 0.1) is 0 Å². The molecule has 0 amide bonds. The number of hydrogen-bond acceptors (Lipinski definition) is 2. The van der Waals surface area contributed by atoms with Crippen molar-refractivity contribution in [1.29, 1.82) is 0 Å². The smallest absolute Gasteiger partial charge is 0.298 e. The fourth-order valence-corrected chi connectivity index (χ4v) is 3.64. The number of nitrogens with zero attached hydrogens (tertiary/aromatic N) is 2. The second-order valence-corrected chi connectivity index (χ2v) is 5.82. The molecular weight excluding hydrogens is 229 g/mol. The molecule has 0 bridgehead atoms. The molecule has 2 saturated heterocycles. The summed E-state index contributed by atoms with van der Waals surface area (Å²) < 4.78 is 39.4. The molecule has 17 heavy (non-hydrogen) atoms. The van der Waals surface area contributed by atoms with Crippen molar-refractivity contribution in [3.8, 4) is 0 Å². The summed E-state index contributed by atoms with van der Waals surface area (Å²) in [5, 5.41) is 0. The highest BCUT2D eigenvalue weighted by Gasteiger charge is 2.68. The van der Waals surface area contributed by atoms with Gasteiger partial charge in [-0.3, -0.25) is 9.80 Å². The van der Waals surface area contributed by atoms with Gasteiger partial charge in [0.15, 0.2) is 0 Å². The highest BCUT2D eigenvalue weighted by atomic mass is 19.4. The first-order valence-corrected chi connectivity index (χ1v) is 6.51. The highest BCUT2D eigenvalue weighted by Crippen LogP contribution is 2.55. The Morgan fingerprint density at radius 3 is 2.47 bits per heavy atom. The molecule has 98 valence electrons. The summed E-state index contributed by atoms with van der Waals surface area (Å²) in [7, 11) is 0. The summed E-state index contributed by atoms with van der Waals surface area (Å²) in [5.74, 6) is 0. The number of piperazine rings is 1. The number of hydrogen-bond donors (Lipinski definition) is 0. The Balaban J connectivity index is 1.79. The van der Waals surface area contributed by atoms with Gasteiger partial charge in [0.1, 0.15) is 5.54 Å². The van der Waals surface area contributed by atoms with E-state index in [1.54, 1.807) is 4.90 Å². The topological polar surface area (TPSA) is 6.48 Å². The third kappa shape index (κ3) is 1.70. The van der Waals surface area contributed by atoms with Crippen molar-refractivity contribution in [3.05, 3.63) is 0 Å². The summed E-state index contributed by atoms with van der Waals surface area (Å²) in [6.07, 6.45) is -1.25. The lowest BCUT2D eigenvalue weighted by Gasteiger charge is -2.46. The minimum Gasteiger partial charge on any atom is -0.298 e. The van der Waals surface area contributed by atoms with Crippen LogP contribution in [0.5, 0.6) is 0 Å². The van der Waals surface area contributed by atoms with Gasteiger partial charge in [0, 0.05) is 25.2 Å². The molecule has 1 aliphatic carbocycles. The van der Waals surface area contributed by atoms with Crippen LogP contribution in [0, 0.1) is 0 Å². The van der Waals surface area contributed by atoms with Crippen molar-refractivity contribution in [2.45, 2.75) is 56.4 Å². The molecule has 5 heteroatoms. The Bertz CT molecular complexity index is 311. The van der Waals surface area contributed by atoms with Crippen LogP contribution in [0.1, 0.15) is 32.6 Å². The minimum absolute atomic E-state index is 0.0356. The van der Waals surface area contributed by atoms with Gasteiger partial charge >= 0.3 is 6.18 Å². The maximum absolute atomic E-state index is 13.1. The van der Waals surface area contributed by atoms with E-state index in [1.165, 1.54) is 0 Å². The molecule has 2 atom stereocenters. The van der Waals surface area contributed by atoms with E-state index >= 15 is 0 Å². The van der Waals surface area contributed by atoms with Crippen molar-refractivity contribution in [2.24, 2.45) is 0 Å². The number of alkyl halides is 3. The molecule has 3 rings (SSSR count). The van der Waals surface area contributed by atoms with Crippen LogP contribution in [0.25, 0.3) is 0 Å². The molecule has 1 saturated carbocycles. The van der Waals surface area contributed by atoms with Crippen LogP contribution in [0.15, 0.2) is 0 Å². The van der Waals surface area contributed by atoms with E-state index in [4.69, 9.17) is 0 Å². The zero-order chi connectivity index (χ0) is 12.3. The lowest BCUT2D eigenvalue weighted by atomic mass is 10.0. The van der Waals surface area contributed by atoms with Crippen LogP contribution in [0.2, 0.25) is 0 Å². The Morgan fingerprint density at radius 1 is 1.18 bits per heavy atom. The second kappa shape index (κ2) is 3.60. The second-order valence-electron chi connectivity index (χ2n) is 5.82. The largest absolute Gasteiger partial charge is 0.406 e. The molecule has 0 spiro atoms. The van der Waals surface area contributed by atoms with E-state index in [2.05, 4.69) is 4.90 Å². The molecular formula is C12H19F3N2. The lowest BCUT2D eigenvalue weighted by molar-refractivity contribution is -0.209. The van der Waals surface area contributed by atoms with Gasteiger partial charge < -0.3 is 0 Å². The number of fused-ring (bicyclic) bond motifs is 1. The maximum Gasteiger partial charge on any atom is 0.406 e. The van der Waals surface area contributed by atoms with E-state index in [-0.39, 0.29) is 6.04 Å². The van der Waals surface area contributed by atoms with Crippen LogP contribution in [-0.2, 0) is 0 Å². The van der Waals surface area contributed by atoms with Gasteiger partial charge in [-0.05, 0) is 39.2 Å². The monoisotopic (exact) mass is 248 g/mol. The summed E-state index contributed by atoms with van der Waals surface area (Å²) >= 11 is 0. The van der Waals surface area contributed by atoms with E-state index in [0.717, 1.165) is 25.9 Å². The van der Waals surface area contributed by atoms with Crippen molar-refractivity contribution in [1.82, 2.24) is 9.80 Å². The first-order valence-electron chi connectivity index (χ1n) is 6.51. The number of rotatable bonds is 1. The Hall–Kier alpha value is -0.290. The lowest BCUT2D eigenvalue weighted by Crippen LogP contribution is -2.62. The average Bonchev–Trinajstić information content (AvgIpc) is 2.92. The third-order valence-corrected chi connectivity index (χ3v) is 4.74. The zero-order valence-corrected chi connectivity index (χ0v) is 10.1. The summed E-state index contributed by atoms with van der Waals surface area (Å²) in [5.41, 5.74) is -1.47. The predicted molar refractivity (Wildman–Crippen MR) is 58.8 cm³/mol. The normalized spacial score (nSPS) is 38.1. The molecule has 0 aromatic rings.